The average Bonchev–Trinajstić information content (AvgIpc) is 2.77. The van der Waals surface area contributed by atoms with E-state index in [4.69, 9.17) is 17.3 Å². The van der Waals surface area contributed by atoms with Crippen molar-refractivity contribution in [3.8, 4) is 0 Å². The molecule has 114 valence electrons. The first kappa shape index (κ1) is 16.0. The molecule has 2 rings (SSSR count). The quantitative estimate of drug-likeness (QED) is 0.924. The molecule has 1 heterocycles. The second kappa shape index (κ2) is 6.60. The SMILES string of the molecule is Cc1ccc(C(N)c2c(Cl)cnn2CCN(C)C)c(C)c1. The summed E-state index contributed by atoms with van der Waals surface area (Å²) in [6, 6.07) is 6.04. The number of rotatable bonds is 5. The number of nitrogens with zero attached hydrogens (tertiary/aromatic N) is 3. The van der Waals surface area contributed by atoms with Crippen LogP contribution in [0.2, 0.25) is 5.02 Å². The van der Waals surface area contributed by atoms with Gasteiger partial charge in [0, 0.05) is 6.54 Å². The van der Waals surface area contributed by atoms with Crippen LogP contribution in [-0.2, 0) is 6.54 Å². The van der Waals surface area contributed by atoms with E-state index in [9.17, 15) is 0 Å². The third-order valence-corrected chi connectivity index (χ3v) is 3.94. The summed E-state index contributed by atoms with van der Waals surface area (Å²) in [5.74, 6) is 0. The van der Waals surface area contributed by atoms with Crippen LogP contribution >= 0.6 is 11.6 Å². The first-order chi connectivity index (χ1) is 9.90. The standard InChI is InChI=1S/C16H23ClN4/c1-11-5-6-13(12(2)9-11)15(18)16-14(17)10-19-21(16)8-7-20(3)4/h5-6,9-10,15H,7-8,18H2,1-4H3. The van der Waals surface area contributed by atoms with Crippen LogP contribution in [0.4, 0.5) is 0 Å². The highest BCUT2D eigenvalue weighted by molar-refractivity contribution is 6.31. The van der Waals surface area contributed by atoms with Gasteiger partial charge >= 0.3 is 0 Å². The number of hydrogen-bond acceptors (Lipinski definition) is 3. The monoisotopic (exact) mass is 306 g/mol. The summed E-state index contributed by atoms with van der Waals surface area (Å²) >= 11 is 6.31. The molecule has 1 unspecified atom stereocenters. The highest BCUT2D eigenvalue weighted by Gasteiger charge is 2.20. The van der Waals surface area contributed by atoms with Crippen molar-refractivity contribution in [1.29, 1.82) is 0 Å². The van der Waals surface area contributed by atoms with Crippen LogP contribution in [0.25, 0.3) is 0 Å². The number of likely N-dealkylation sites (N-methyl/N-ethyl adjacent to an activating group) is 1. The van der Waals surface area contributed by atoms with Gasteiger partial charge in [0.05, 0.1) is 29.5 Å². The molecule has 21 heavy (non-hydrogen) atoms. The van der Waals surface area contributed by atoms with Crippen molar-refractivity contribution in [3.63, 3.8) is 0 Å². The fraction of sp³-hybridized carbons (Fsp3) is 0.438. The Hall–Kier alpha value is -1.36. The Bertz CT molecular complexity index is 619. The van der Waals surface area contributed by atoms with E-state index in [1.165, 1.54) is 11.1 Å². The fourth-order valence-corrected chi connectivity index (χ4v) is 2.73. The molecule has 0 fully saturated rings. The second-order valence-electron chi connectivity index (χ2n) is 5.74. The number of benzene rings is 1. The molecule has 1 aromatic heterocycles. The summed E-state index contributed by atoms with van der Waals surface area (Å²) in [5.41, 5.74) is 10.8. The summed E-state index contributed by atoms with van der Waals surface area (Å²) in [5, 5.41) is 4.99. The van der Waals surface area contributed by atoms with E-state index >= 15 is 0 Å². The van der Waals surface area contributed by atoms with Gasteiger partial charge in [0.1, 0.15) is 0 Å². The number of aromatic nitrogens is 2. The van der Waals surface area contributed by atoms with Gasteiger partial charge in [0.15, 0.2) is 0 Å². The van der Waals surface area contributed by atoms with Gasteiger partial charge in [-0.3, -0.25) is 4.68 Å². The van der Waals surface area contributed by atoms with Gasteiger partial charge in [-0.25, -0.2) is 0 Å². The zero-order valence-corrected chi connectivity index (χ0v) is 13.9. The normalized spacial score (nSPS) is 12.9. The van der Waals surface area contributed by atoms with Crippen LogP contribution in [0, 0.1) is 13.8 Å². The molecular weight excluding hydrogens is 284 g/mol. The van der Waals surface area contributed by atoms with Crippen molar-refractivity contribution >= 4 is 11.6 Å². The zero-order valence-electron chi connectivity index (χ0n) is 13.1. The molecule has 1 atom stereocenters. The number of halogens is 1. The van der Waals surface area contributed by atoms with Crippen molar-refractivity contribution in [2.75, 3.05) is 20.6 Å². The molecule has 4 nitrogen and oxygen atoms in total. The number of hydrogen-bond donors (Lipinski definition) is 1. The van der Waals surface area contributed by atoms with Crippen LogP contribution in [0.3, 0.4) is 0 Å². The molecule has 0 radical (unpaired) electrons. The Balaban J connectivity index is 2.34. The molecule has 0 saturated carbocycles. The van der Waals surface area contributed by atoms with Crippen LogP contribution < -0.4 is 5.73 Å². The first-order valence-corrected chi connectivity index (χ1v) is 7.46. The van der Waals surface area contributed by atoms with E-state index in [2.05, 4.69) is 42.0 Å². The van der Waals surface area contributed by atoms with Gasteiger partial charge in [-0.1, -0.05) is 35.4 Å². The second-order valence-corrected chi connectivity index (χ2v) is 6.15. The van der Waals surface area contributed by atoms with E-state index in [1.54, 1.807) is 6.20 Å². The molecule has 0 aliphatic rings. The minimum absolute atomic E-state index is 0.261. The summed E-state index contributed by atoms with van der Waals surface area (Å²) in [4.78, 5) is 2.11. The van der Waals surface area contributed by atoms with Gasteiger partial charge in [0.25, 0.3) is 0 Å². The molecule has 0 bridgehead atoms. The Morgan fingerprint density at radius 2 is 2.05 bits per heavy atom. The predicted octanol–water partition coefficient (Wildman–Crippen LogP) is 2.76. The van der Waals surface area contributed by atoms with Gasteiger partial charge in [-0.05, 0) is 39.1 Å². The van der Waals surface area contributed by atoms with Gasteiger partial charge in [-0.2, -0.15) is 5.10 Å². The molecule has 0 spiro atoms. The molecule has 0 saturated heterocycles. The number of aryl methyl sites for hydroxylation is 2. The van der Waals surface area contributed by atoms with Gasteiger partial charge < -0.3 is 10.6 Å². The topological polar surface area (TPSA) is 47.1 Å². The van der Waals surface area contributed by atoms with E-state index in [-0.39, 0.29) is 6.04 Å². The molecule has 2 aromatic rings. The highest BCUT2D eigenvalue weighted by Crippen LogP contribution is 2.28. The van der Waals surface area contributed by atoms with Crippen molar-refractivity contribution in [3.05, 3.63) is 51.8 Å². The average molecular weight is 307 g/mol. The van der Waals surface area contributed by atoms with E-state index in [1.807, 2.05) is 18.8 Å². The van der Waals surface area contributed by atoms with Crippen LogP contribution in [0.15, 0.2) is 24.4 Å². The van der Waals surface area contributed by atoms with Crippen LogP contribution in [0.1, 0.15) is 28.4 Å². The van der Waals surface area contributed by atoms with E-state index < -0.39 is 0 Å². The molecular formula is C16H23ClN4. The summed E-state index contributed by atoms with van der Waals surface area (Å²) in [6.07, 6.45) is 1.68. The maximum Gasteiger partial charge on any atom is 0.0837 e. The Kier molecular flexibility index (Phi) is 5.04. The van der Waals surface area contributed by atoms with Crippen molar-refractivity contribution in [1.82, 2.24) is 14.7 Å². The van der Waals surface area contributed by atoms with Crippen molar-refractivity contribution in [2.45, 2.75) is 26.4 Å². The minimum Gasteiger partial charge on any atom is -0.319 e. The first-order valence-electron chi connectivity index (χ1n) is 7.09. The lowest BCUT2D eigenvalue weighted by atomic mass is 9.97. The van der Waals surface area contributed by atoms with Crippen LogP contribution in [-0.4, -0.2) is 35.3 Å². The Morgan fingerprint density at radius 3 is 2.67 bits per heavy atom. The minimum atomic E-state index is -0.261. The van der Waals surface area contributed by atoms with Crippen molar-refractivity contribution in [2.24, 2.45) is 5.73 Å². The molecule has 2 N–H and O–H groups in total. The summed E-state index contributed by atoms with van der Waals surface area (Å²) in [7, 11) is 4.07. The van der Waals surface area contributed by atoms with Gasteiger partial charge in [-0.15, -0.1) is 0 Å². The Morgan fingerprint density at radius 1 is 1.33 bits per heavy atom. The van der Waals surface area contributed by atoms with E-state index in [0.717, 1.165) is 24.3 Å². The molecule has 0 aliphatic carbocycles. The van der Waals surface area contributed by atoms with Crippen LogP contribution in [0.5, 0.6) is 0 Å². The third kappa shape index (κ3) is 3.64. The Labute approximate surface area is 131 Å². The molecule has 0 amide bonds. The lowest BCUT2D eigenvalue weighted by Crippen LogP contribution is -2.24. The molecule has 0 aliphatic heterocycles. The lowest BCUT2D eigenvalue weighted by Gasteiger charge is -2.19. The lowest BCUT2D eigenvalue weighted by molar-refractivity contribution is 0.368. The fourth-order valence-electron chi connectivity index (χ4n) is 2.48. The zero-order chi connectivity index (χ0) is 15.6. The maximum atomic E-state index is 6.46. The molecule has 5 heteroatoms. The smallest absolute Gasteiger partial charge is 0.0837 e. The van der Waals surface area contributed by atoms with E-state index in [0.29, 0.717) is 5.02 Å². The molecule has 1 aromatic carbocycles. The number of nitrogens with two attached hydrogens (primary N) is 1. The largest absolute Gasteiger partial charge is 0.319 e. The van der Waals surface area contributed by atoms with Crippen molar-refractivity contribution < 1.29 is 0 Å². The maximum absolute atomic E-state index is 6.46. The third-order valence-electron chi connectivity index (χ3n) is 3.65. The predicted molar refractivity (Wildman–Crippen MR) is 87.7 cm³/mol. The highest BCUT2D eigenvalue weighted by atomic mass is 35.5. The van der Waals surface area contributed by atoms with Gasteiger partial charge in [0.2, 0.25) is 0 Å². The summed E-state index contributed by atoms with van der Waals surface area (Å²) in [6.45, 7) is 5.82. The summed E-state index contributed by atoms with van der Waals surface area (Å²) < 4.78 is 1.91.